The molecule has 0 radical (unpaired) electrons. The molecule has 0 aliphatic heterocycles. The van der Waals surface area contributed by atoms with Gasteiger partial charge in [0, 0.05) is 12.1 Å². The zero-order valence-electron chi connectivity index (χ0n) is 14.8. The van der Waals surface area contributed by atoms with E-state index < -0.39 is 0 Å². The number of hydrogen-bond donors (Lipinski definition) is 1. The van der Waals surface area contributed by atoms with Crippen LogP contribution in [0.4, 0.5) is 5.88 Å². The Morgan fingerprint density at radius 1 is 1.04 bits per heavy atom. The molecule has 27 heavy (non-hydrogen) atoms. The fourth-order valence-electron chi connectivity index (χ4n) is 2.97. The Bertz CT molecular complexity index is 1120. The van der Waals surface area contributed by atoms with Gasteiger partial charge in [-0.3, -0.25) is 0 Å². The SMILES string of the molecule is COc1ccc(CNc2oc(-c3cccc4ccccc34)nc2C#N)cc1. The molecule has 5 nitrogen and oxygen atoms in total. The highest BCUT2D eigenvalue weighted by Crippen LogP contribution is 2.31. The maximum atomic E-state index is 9.43. The van der Waals surface area contributed by atoms with Gasteiger partial charge >= 0.3 is 0 Å². The Morgan fingerprint density at radius 2 is 1.81 bits per heavy atom. The highest BCUT2D eigenvalue weighted by atomic mass is 16.5. The Kier molecular flexibility index (Phi) is 4.46. The minimum atomic E-state index is 0.242. The van der Waals surface area contributed by atoms with Crippen LogP contribution in [0.25, 0.3) is 22.2 Å². The fraction of sp³-hybridized carbons (Fsp3) is 0.0909. The van der Waals surface area contributed by atoms with Gasteiger partial charge in [0.1, 0.15) is 11.8 Å². The number of oxazole rings is 1. The lowest BCUT2D eigenvalue weighted by atomic mass is 10.0. The lowest BCUT2D eigenvalue weighted by Crippen LogP contribution is -1.99. The number of benzene rings is 3. The van der Waals surface area contributed by atoms with Gasteiger partial charge in [0.25, 0.3) is 0 Å². The predicted molar refractivity (Wildman–Crippen MR) is 104 cm³/mol. The van der Waals surface area contributed by atoms with Crippen molar-refractivity contribution >= 4 is 16.7 Å². The highest BCUT2D eigenvalue weighted by Gasteiger charge is 2.16. The van der Waals surface area contributed by atoms with Crippen LogP contribution in [0.1, 0.15) is 11.3 Å². The molecular weight excluding hydrogens is 338 g/mol. The third-order valence-electron chi connectivity index (χ3n) is 4.37. The smallest absolute Gasteiger partial charge is 0.232 e. The van der Waals surface area contributed by atoms with Gasteiger partial charge in [-0.1, -0.05) is 48.5 Å². The summed E-state index contributed by atoms with van der Waals surface area (Å²) in [6, 6.07) is 23.8. The number of nitrogens with zero attached hydrogens (tertiary/aromatic N) is 2. The van der Waals surface area contributed by atoms with E-state index in [0.29, 0.717) is 18.3 Å². The average molecular weight is 355 g/mol. The van der Waals surface area contributed by atoms with Crippen LogP contribution in [0.2, 0.25) is 0 Å². The first-order valence-electron chi connectivity index (χ1n) is 8.54. The molecule has 0 amide bonds. The van der Waals surface area contributed by atoms with Crippen LogP contribution in [0.3, 0.4) is 0 Å². The normalized spacial score (nSPS) is 10.5. The molecule has 0 aliphatic rings. The Labute approximate surface area is 156 Å². The largest absolute Gasteiger partial charge is 0.497 e. The number of ether oxygens (including phenoxy) is 1. The average Bonchev–Trinajstić information content (AvgIpc) is 3.15. The van der Waals surface area contributed by atoms with E-state index in [1.54, 1.807) is 7.11 Å². The summed E-state index contributed by atoms with van der Waals surface area (Å²) in [5.41, 5.74) is 2.15. The quantitative estimate of drug-likeness (QED) is 0.546. The summed E-state index contributed by atoms with van der Waals surface area (Å²) in [5, 5.41) is 14.7. The monoisotopic (exact) mass is 355 g/mol. The number of aromatic nitrogens is 1. The van der Waals surface area contributed by atoms with Gasteiger partial charge in [0.05, 0.1) is 7.11 Å². The van der Waals surface area contributed by atoms with Crippen molar-refractivity contribution in [2.45, 2.75) is 6.54 Å². The van der Waals surface area contributed by atoms with Crippen molar-refractivity contribution in [2.75, 3.05) is 12.4 Å². The van der Waals surface area contributed by atoms with Crippen molar-refractivity contribution < 1.29 is 9.15 Å². The molecule has 0 bridgehead atoms. The minimum Gasteiger partial charge on any atom is -0.497 e. The van der Waals surface area contributed by atoms with E-state index >= 15 is 0 Å². The highest BCUT2D eigenvalue weighted by molar-refractivity contribution is 5.94. The second-order valence-corrected chi connectivity index (χ2v) is 6.04. The minimum absolute atomic E-state index is 0.242. The van der Waals surface area contributed by atoms with E-state index in [2.05, 4.69) is 16.4 Å². The molecule has 0 unspecified atom stereocenters. The topological polar surface area (TPSA) is 71.1 Å². The van der Waals surface area contributed by atoms with Crippen molar-refractivity contribution in [2.24, 2.45) is 0 Å². The standard InChI is InChI=1S/C22H17N3O2/c1-26-17-11-9-15(10-12-17)14-24-22-20(13-23)25-21(27-22)19-8-4-6-16-5-2-3-7-18(16)19/h2-12,24H,14H2,1H3. The van der Waals surface area contributed by atoms with Crippen LogP contribution >= 0.6 is 0 Å². The number of nitrogens with one attached hydrogen (secondary N) is 1. The van der Waals surface area contributed by atoms with Crippen LogP contribution < -0.4 is 10.1 Å². The van der Waals surface area contributed by atoms with Gasteiger partial charge in [-0.05, 0) is 34.5 Å². The molecule has 0 saturated carbocycles. The van der Waals surface area contributed by atoms with E-state index in [1.807, 2.05) is 66.7 Å². The first-order valence-corrected chi connectivity index (χ1v) is 8.54. The molecule has 3 aromatic carbocycles. The number of hydrogen-bond acceptors (Lipinski definition) is 5. The van der Waals surface area contributed by atoms with Crippen molar-refractivity contribution in [3.05, 3.63) is 78.0 Å². The summed E-state index contributed by atoms with van der Waals surface area (Å²) < 4.78 is 11.1. The maximum absolute atomic E-state index is 9.43. The summed E-state index contributed by atoms with van der Waals surface area (Å²) >= 11 is 0. The molecule has 5 heteroatoms. The summed E-state index contributed by atoms with van der Waals surface area (Å²) in [6.07, 6.45) is 0. The van der Waals surface area contributed by atoms with Crippen LogP contribution in [0.15, 0.2) is 71.1 Å². The van der Waals surface area contributed by atoms with Gasteiger partial charge in [0.15, 0.2) is 0 Å². The fourth-order valence-corrected chi connectivity index (χ4v) is 2.97. The van der Waals surface area contributed by atoms with Crippen molar-refractivity contribution in [1.29, 1.82) is 5.26 Å². The molecule has 0 atom stereocenters. The zero-order valence-corrected chi connectivity index (χ0v) is 14.8. The molecule has 0 spiro atoms. The second kappa shape index (κ2) is 7.22. The summed E-state index contributed by atoms with van der Waals surface area (Å²) in [5.74, 6) is 1.60. The van der Waals surface area contributed by atoms with Crippen LogP contribution in [0, 0.1) is 11.3 Å². The third kappa shape index (κ3) is 3.33. The van der Waals surface area contributed by atoms with E-state index in [4.69, 9.17) is 9.15 Å². The maximum Gasteiger partial charge on any atom is 0.232 e. The molecule has 4 aromatic rings. The predicted octanol–water partition coefficient (Wildman–Crippen LogP) is 4.99. The summed E-state index contributed by atoms with van der Waals surface area (Å²) in [7, 11) is 1.63. The third-order valence-corrected chi connectivity index (χ3v) is 4.37. The van der Waals surface area contributed by atoms with Gasteiger partial charge in [-0.25, -0.2) is 0 Å². The van der Waals surface area contributed by atoms with E-state index in [1.165, 1.54) is 0 Å². The number of rotatable bonds is 5. The van der Waals surface area contributed by atoms with Crippen LogP contribution in [-0.2, 0) is 6.54 Å². The molecular formula is C22H17N3O2. The summed E-state index contributed by atoms with van der Waals surface area (Å²) in [4.78, 5) is 4.38. The van der Waals surface area contributed by atoms with E-state index in [-0.39, 0.29) is 5.69 Å². The van der Waals surface area contributed by atoms with Gasteiger partial charge < -0.3 is 14.5 Å². The molecule has 4 rings (SSSR count). The van der Waals surface area contributed by atoms with Crippen LogP contribution in [0.5, 0.6) is 5.75 Å². The van der Waals surface area contributed by atoms with Gasteiger partial charge in [-0.2, -0.15) is 10.2 Å². The van der Waals surface area contributed by atoms with Gasteiger partial charge in [-0.15, -0.1) is 0 Å². The lowest BCUT2D eigenvalue weighted by Gasteiger charge is -2.05. The number of anilines is 1. The van der Waals surface area contributed by atoms with Gasteiger partial charge in [0.2, 0.25) is 17.5 Å². The molecule has 1 N–H and O–H groups in total. The van der Waals surface area contributed by atoms with E-state index in [9.17, 15) is 5.26 Å². The van der Waals surface area contributed by atoms with Crippen LogP contribution in [-0.4, -0.2) is 12.1 Å². The van der Waals surface area contributed by atoms with E-state index in [0.717, 1.165) is 27.6 Å². The number of methoxy groups -OCH3 is 1. The molecule has 0 saturated heterocycles. The Morgan fingerprint density at radius 3 is 2.59 bits per heavy atom. The molecule has 0 aliphatic carbocycles. The van der Waals surface area contributed by atoms with Crippen molar-refractivity contribution in [1.82, 2.24) is 4.98 Å². The Balaban J connectivity index is 1.63. The molecule has 1 aromatic heterocycles. The molecule has 0 fully saturated rings. The lowest BCUT2D eigenvalue weighted by molar-refractivity contribution is 0.414. The first-order chi connectivity index (χ1) is 13.3. The number of nitriles is 1. The Hall–Kier alpha value is -3.78. The van der Waals surface area contributed by atoms with Crippen molar-refractivity contribution in [3.63, 3.8) is 0 Å². The first kappa shape index (κ1) is 16.7. The molecule has 132 valence electrons. The number of fused-ring (bicyclic) bond motifs is 1. The second-order valence-electron chi connectivity index (χ2n) is 6.04. The molecule has 1 heterocycles. The van der Waals surface area contributed by atoms with Crippen molar-refractivity contribution in [3.8, 4) is 23.3 Å². The zero-order chi connectivity index (χ0) is 18.6. The summed E-state index contributed by atoms with van der Waals surface area (Å²) in [6.45, 7) is 0.517.